The molecular weight excluding hydrogens is 218 g/mol. The van der Waals surface area contributed by atoms with E-state index in [9.17, 15) is 9.59 Å². The lowest BCUT2D eigenvalue weighted by Gasteiger charge is -2.11. The van der Waals surface area contributed by atoms with Crippen LogP contribution in [-0.2, 0) is 0 Å². The summed E-state index contributed by atoms with van der Waals surface area (Å²) < 4.78 is 5.51. The minimum atomic E-state index is -0.301. The van der Waals surface area contributed by atoms with Crippen LogP contribution in [0.2, 0.25) is 0 Å². The summed E-state index contributed by atoms with van der Waals surface area (Å²) in [5.74, 6) is -0.191. The van der Waals surface area contributed by atoms with E-state index in [4.69, 9.17) is 4.42 Å². The van der Waals surface area contributed by atoms with Crippen LogP contribution in [0, 0.1) is 6.92 Å². The van der Waals surface area contributed by atoms with E-state index < -0.39 is 0 Å². The molecule has 1 aromatic carbocycles. The lowest BCUT2D eigenvalue weighted by atomic mass is 10.1. The minimum Gasteiger partial charge on any atom is -0.450 e. The number of hydrogen-bond acceptors (Lipinski definition) is 3. The molecule has 4 nitrogen and oxygen atoms in total. The summed E-state index contributed by atoms with van der Waals surface area (Å²) in [6, 6.07) is 6.91. The van der Waals surface area contributed by atoms with Gasteiger partial charge in [0.1, 0.15) is 5.58 Å². The predicted octanol–water partition coefficient (Wildman–Crippen LogP) is 1.80. The number of fused-ring (bicyclic) bond motifs is 1. The van der Waals surface area contributed by atoms with Gasteiger partial charge >= 0.3 is 0 Å². The zero-order valence-corrected chi connectivity index (χ0v) is 9.98. The van der Waals surface area contributed by atoms with Gasteiger partial charge in [0, 0.05) is 19.7 Å². The van der Waals surface area contributed by atoms with Gasteiger partial charge in [-0.3, -0.25) is 9.59 Å². The number of amides is 1. The first-order chi connectivity index (χ1) is 8.02. The highest BCUT2D eigenvalue weighted by Crippen LogP contribution is 2.15. The summed E-state index contributed by atoms with van der Waals surface area (Å²) in [5.41, 5.74) is 0.632. The number of carbonyl (C=O) groups excluding carboxylic acids is 1. The molecule has 0 saturated carbocycles. The topological polar surface area (TPSA) is 50.5 Å². The van der Waals surface area contributed by atoms with E-state index in [1.165, 1.54) is 4.90 Å². The molecule has 2 rings (SSSR count). The average molecular weight is 231 g/mol. The maximum Gasteiger partial charge on any atom is 0.289 e. The Morgan fingerprint density at radius 1 is 1.24 bits per heavy atom. The molecule has 0 unspecified atom stereocenters. The van der Waals surface area contributed by atoms with Crippen LogP contribution in [0.1, 0.15) is 16.1 Å². The van der Waals surface area contributed by atoms with Gasteiger partial charge in [0.2, 0.25) is 0 Å². The summed E-state index contributed by atoms with van der Waals surface area (Å²) in [4.78, 5) is 25.3. The summed E-state index contributed by atoms with van der Waals surface area (Å²) in [6.45, 7) is 1.61. The van der Waals surface area contributed by atoms with Gasteiger partial charge in [-0.2, -0.15) is 0 Å². The van der Waals surface area contributed by atoms with Crippen molar-refractivity contribution < 1.29 is 9.21 Å². The first-order valence-corrected chi connectivity index (χ1v) is 5.26. The summed E-state index contributed by atoms with van der Waals surface area (Å²) in [6.07, 6.45) is 0. The standard InChI is InChI=1S/C13H13NO3/c1-8-11(15)9-6-4-5-7-10(9)17-12(8)13(16)14(2)3/h4-7H,1-3H3. The van der Waals surface area contributed by atoms with E-state index in [0.29, 0.717) is 16.5 Å². The third kappa shape index (κ3) is 1.82. The smallest absolute Gasteiger partial charge is 0.289 e. The molecule has 0 fully saturated rings. The Balaban J connectivity index is 2.79. The van der Waals surface area contributed by atoms with Crippen LogP contribution in [-0.4, -0.2) is 24.9 Å². The van der Waals surface area contributed by atoms with Crippen molar-refractivity contribution in [3.63, 3.8) is 0 Å². The highest BCUT2D eigenvalue weighted by Gasteiger charge is 2.18. The van der Waals surface area contributed by atoms with Crippen LogP contribution in [0.4, 0.5) is 0 Å². The fraction of sp³-hybridized carbons (Fsp3) is 0.231. The zero-order valence-electron chi connectivity index (χ0n) is 9.98. The molecule has 1 amide bonds. The predicted molar refractivity (Wildman–Crippen MR) is 65.2 cm³/mol. The Labute approximate surface area is 98.5 Å². The fourth-order valence-electron chi connectivity index (χ4n) is 1.64. The molecule has 88 valence electrons. The minimum absolute atomic E-state index is 0.110. The second-order valence-electron chi connectivity index (χ2n) is 4.08. The molecule has 0 atom stereocenters. The fourth-order valence-corrected chi connectivity index (χ4v) is 1.64. The van der Waals surface area contributed by atoms with Crippen molar-refractivity contribution in [1.82, 2.24) is 4.90 Å². The molecule has 0 aliphatic heterocycles. The molecule has 1 heterocycles. The first kappa shape index (κ1) is 11.4. The Morgan fingerprint density at radius 2 is 1.88 bits per heavy atom. The Hall–Kier alpha value is -2.10. The third-order valence-electron chi connectivity index (χ3n) is 2.63. The van der Waals surface area contributed by atoms with E-state index in [-0.39, 0.29) is 17.1 Å². The van der Waals surface area contributed by atoms with Crippen LogP contribution >= 0.6 is 0 Å². The Kier molecular flexibility index (Phi) is 2.71. The molecule has 1 aromatic heterocycles. The summed E-state index contributed by atoms with van der Waals surface area (Å²) >= 11 is 0. The lowest BCUT2D eigenvalue weighted by Crippen LogP contribution is -2.25. The van der Waals surface area contributed by atoms with Crippen molar-refractivity contribution >= 4 is 16.9 Å². The molecule has 0 N–H and O–H groups in total. The maximum atomic E-state index is 12.0. The van der Waals surface area contributed by atoms with Gasteiger partial charge in [-0.1, -0.05) is 12.1 Å². The van der Waals surface area contributed by atoms with Gasteiger partial charge in [0.05, 0.1) is 5.39 Å². The number of nitrogens with zero attached hydrogens (tertiary/aromatic N) is 1. The normalized spacial score (nSPS) is 10.5. The highest BCUT2D eigenvalue weighted by molar-refractivity contribution is 5.94. The van der Waals surface area contributed by atoms with E-state index in [0.717, 1.165) is 0 Å². The van der Waals surface area contributed by atoms with E-state index in [2.05, 4.69) is 0 Å². The van der Waals surface area contributed by atoms with E-state index in [1.807, 2.05) is 0 Å². The molecule has 0 bridgehead atoms. The van der Waals surface area contributed by atoms with Crippen molar-refractivity contribution in [2.75, 3.05) is 14.1 Å². The number of benzene rings is 1. The second kappa shape index (κ2) is 4.05. The highest BCUT2D eigenvalue weighted by atomic mass is 16.3. The molecule has 0 aliphatic rings. The van der Waals surface area contributed by atoms with Crippen molar-refractivity contribution in [1.29, 1.82) is 0 Å². The van der Waals surface area contributed by atoms with Gasteiger partial charge in [0.25, 0.3) is 5.91 Å². The Morgan fingerprint density at radius 3 is 2.53 bits per heavy atom. The number of para-hydroxylation sites is 1. The largest absolute Gasteiger partial charge is 0.450 e. The molecule has 2 aromatic rings. The van der Waals surface area contributed by atoms with Crippen LogP contribution < -0.4 is 5.43 Å². The monoisotopic (exact) mass is 231 g/mol. The molecule has 0 spiro atoms. The van der Waals surface area contributed by atoms with Crippen molar-refractivity contribution in [2.24, 2.45) is 0 Å². The van der Waals surface area contributed by atoms with Crippen LogP contribution in [0.5, 0.6) is 0 Å². The third-order valence-corrected chi connectivity index (χ3v) is 2.63. The average Bonchev–Trinajstić information content (AvgIpc) is 2.33. The lowest BCUT2D eigenvalue weighted by molar-refractivity contribution is 0.0796. The zero-order chi connectivity index (χ0) is 12.6. The van der Waals surface area contributed by atoms with Gasteiger partial charge in [-0.05, 0) is 19.1 Å². The maximum absolute atomic E-state index is 12.0. The van der Waals surface area contributed by atoms with Crippen molar-refractivity contribution in [2.45, 2.75) is 6.92 Å². The number of hydrogen-bond donors (Lipinski definition) is 0. The Bertz CT molecular complexity index is 641. The summed E-state index contributed by atoms with van der Waals surface area (Å²) in [5, 5.41) is 0.500. The SMILES string of the molecule is Cc1c(C(=O)N(C)C)oc2ccccc2c1=O. The van der Waals surface area contributed by atoms with E-state index >= 15 is 0 Å². The molecule has 4 heteroatoms. The molecule has 0 radical (unpaired) electrons. The van der Waals surface area contributed by atoms with Crippen molar-refractivity contribution in [3.8, 4) is 0 Å². The van der Waals surface area contributed by atoms with Crippen LogP contribution in [0.25, 0.3) is 11.0 Å². The molecule has 17 heavy (non-hydrogen) atoms. The van der Waals surface area contributed by atoms with Gasteiger partial charge < -0.3 is 9.32 Å². The molecular formula is C13H13NO3. The molecule has 0 aliphatic carbocycles. The second-order valence-corrected chi connectivity index (χ2v) is 4.08. The van der Waals surface area contributed by atoms with Gasteiger partial charge in [-0.15, -0.1) is 0 Å². The summed E-state index contributed by atoms with van der Waals surface area (Å²) in [7, 11) is 3.24. The number of carbonyl (C=O) groups is 1. The van der Waals surface area contributed by atoms with Crippen molar-refractivity contribution in [3.05, 3.63) is 45.8 Å². The van der Waals surface area contributed by atoms with Crippen LogP contribution in [0.15, 0.2) is 33.5 Å². The van der Waals surface area contributed by atoms with E-state index in [1.54, 1.807) is 45.3 Å². The first-order valence-electron chi connectivity index (χ1n) is 5.26. The van der Waals surface area contributed by atoms with Gasteiger partial charge in [0.15, 0.2) is 11.2 Å². The number of rotatable bonds is 1. The van der Waals surface area contributed by atoms with Crippen LogP contribution in [0.3, 0.4) is 0 Å². The quantitative estimate of drug-likeness (QED) is 0.752. The molecule has 0 saturated heterocycles. The van der Waals surface area contributed by atoms with Gasteiger partial charge in [-0.25, -0.2) is 0 Å².